The van der Waals surface area contributed by atoms with Gasteiger partial charge in [-0.3, -0.25) is 9.88 Å². The third-order valence-electron chi connectivity index (χ3n) is 4.81. The average Bonchev–Trinajstić information content (AvgIpc) is 2.96. The molecule has 0 aliphatic carbocycles. The van der Waals surface area contributed by atoms with E-state index in [0.29, 0.717) is 5.92 Å². The number of hydrogen-bond acceptors (Lipinski definition) is 3. The maximum Gasteiger partial charge on any atom is 0.0747 e. The zero-order valence-electron chi connectivity index (χ0n) is 13.4. The lowest BCUT2D eigenvalue weighted by Gasteiger charge is -2.17. The topological polar surface area (TPSA) is 42.1 Å². The molecule has 2 heterocycles. The number of halogens is 1. The fourth-order valence-electron chi connectivity index (χ4n) is 3.68. The van der Waals surface area contributed by atoms with Gasteiger partial charge in [0.05, 0.1) is 5.52 Å². The molecule has 0 unspecified atom stereocenters. The molecule has 24 heavy (non-hydrogen) atoms. The molecular formula is C20H20ClN3. The molecule has 0 radical (unpaired) electrons. The zero-order valence-corrected chi connectivity index (χ0v) is 14.2. The third-order valence-corrected chi connectivity index (χ3v) is 5.03. The van der Waals surface area contributed by atoms with Crippen molar-refractivity contribution < 1.29 is 0 Å². The summed E-state index contributed by atoms with van der Waals surface area (Å²) >= 11 is 6.29. The SMILES string of the molecule is N[C@@H]1CN(Cc2cc(Cl)cc3cccnc23)C[C@H]1c1ccccc1. The standard InChI is InChI=1S/C20H20ClN3/c21-17-9-15-7-4-8-23-20(15)16(10-17)11-24-12-18(19(22)13-24)14-5-2-1-3-6-14/h1-10,18-19H,11-13,22H2/t18-,19+/m0/s1. The summed E-state index contributed by atoms with van der Waals surface area (Å²) in [6.07, 6.45) is 1.84. The number of hydrogen-bond donors (Lipinski definition) is 1. The second-order valence-corrected chi connectivity index (χ2v) is 6.95. The van der Waals surface area contributed by atoms with Crippen molar-refractivity contribution in [2.45, 2.75) is 18.5 Å². The Morgan fingerprint density at radius 2 is 1.92 bits per heavy atom. The van der Waals surface area contributed by atoms with Gasteiger partial charge in [0.25, 0.3) is 0 Å². The molecule has 4 rings (SSSR count). The Bertz CT molecular complexity index is 850. The molecule has 0 spiro atoms. The first-order valence-corrected chi connectivity index (χ1v) is 8.64. The summed E-state index contributed by atoms with van der Waals surface area (Å²) in [6.45, 7) is 2.68. The summed E-state index contributed by atoms with van der Waals surface area (Å²) in [5.41, 5.74) is 9.93. The van der Waals surface area contributed by atoms with Crippen LogP contribution in [0.15, 0.2) is 60.8 Å². The van der Waals surface area contributed by atoms with Gasteiger partial charge in [-0.25, -0.2) is 0 Å². The minimum atomic E-state index is 0.158. The van der Waals surface area contributed by atoms with Crippen LogP contribution in [-0.2, 0) is 6.54 Å². The number of nitrogens with zero attached hydrogens (tertiary/aromatic N) is 2. The highest BCUT2D eigenvalue weighted by Gasteiger charge is 2.31. The largest absolute Gasteiger partial charge is 0.326 e. The summed E-state index contributed by atoms with van der Waals surface area (Å²) in [7, 11) is 0. The molecule has 3 aromatic rings. The Balaban J connectivity index is 1.59. The first kappa shape index (κ1) is 15.6. The Morgan fingerprint density at radius 3 is 2.75 bits per heavy atom. The predicted octanol–water partition coefficient (Wildman–Crippen LogP) is 3.81. The summed E-state index contributed by atoms with van der Waals surface area (Å²) < 4.78 is 0. The first-order valence-electron chi connectivity index (χ1n) is 8.27. The number of benzene rings is 2. The van der Waals surface area contributed by atoms with Gasteiger partial charge in [0, 0.05) is 48.2 Å². The number of likely N-dealkylation sites (tertiary alicyclic amines) is 1. The third kappa shape index (κ3) is 3.03. The maximum absolute atomic E-state index is 6.41. The Hall–Kier alpha value is -1.94. The van der Waals surface area contributed by atoms with Crippen molar-refractivity contribution in [3.63, 3.8) is 0 Å². The molecule has 0 saturated carbocycles. The maximum atomic E-state index is 6.41. The average molecular weight is 338 g/mol. The van der Waals surface area contributed by atoms with Gasteiger partial charge in [-0.15, -0.1) is 0 Å². The van der Waals surface area contributed by atoms with Crippen molar-refractivity contribution in [3.8, 4) is 0 Å². The molecular weight excluding hydrogens is 318 g/mol. The molecule has 2 N–H and O–H groups in total. The highest BCUT2D eigenvalue weighted by molar-refractivity contribution is 6.31. The minimum Gasteiger partial charge on any atom is -0.326 e. The van der Waals surface area contributed by atoms with E-state index in [0.717, 1.165) is 35.6 Å². The van der Waals surface area contributed by atoms with Crippen LogP contribution in [0.5, 0.6) is 0 Å². The molecule has 1 aliphatic heterocycles. The van der Waals surface area contributed by atoms with Gasteiger partial charge >= 0.3 is 0 Å². The van der Waals surface area contributed by atoms with E-state index in [1.165, 1.54) is 11.1 Å². The smallest absolute Gasteiger partial charge is 0.0747 e. The highest BCUT2D eigenvalue weighted by atomic mass is 35.5. The van der Waals surface area contributed by atoms with Crippen LogP contribution in [0.4, 0.5) is 0 Å². The number of aromatic nitrogens is 1. The van der Waals surface area contributed by atoms with Crippen molar-refractivity contribution >= 4 is 22.5 Å². The molecule has 4 heteroatoms. The van der Waals surface area contributed by atoms with E-state index in [1.54, 1.807) is 0 Å². The van der Waals surface area contributed by atoms with Gasteiger partial charge in [-0.1, -0.05) is 48.0 Å². The van der Waals surface area contributed by atoms with E-state index in [2.05, 4.69) is 40.2 Å². The van der Waals surface area contributed by atoms with Crippen LogP contribution in [0.25, 0.3) is 10.9 Å². The lowest BCUT2D eigenvalue weighted by atomic mass is 9.95. The molecule has 0 amide bonds. The van der Waals surface area contributed by atoms with E-state index < -0.39 is 0 Å². The normalized spacial score (nSPS) is 21.4. The second-order valence-electron chi connectivity index (χ2n) is 6.52. The molecule has 2 atom stereocenters. The second kappa shape index (κ2) is 6.52. The lowest BCUT2D eigenvalue weighted by Crippen LogP contribution is -2.28. The van der Waals surface area contributed by atoms with Crippen molar-refractivity contribution in [1.82, 2.24) is 9.88 Å². The molecule has 2 aromatic carbocycles. The van der Waals surface area contributed by atoms with Crippen molar-refractivity contribution in [1.29, 1.82) is 0 Å². The van der Waals surface area contributed by atoms with Crippen LogP contribution in [-0.4, -0.2) is 29.0 Å². The number of rotatable bonds is 3. The minimum absolute atomic E-state index is 0.158. The number of fused-ring (bicyclic) bond motifs is 1. The molecule has 1 fully saturated rings. The van der Waals surface area contributed by atoms with Crippen molar-refractivity contribution in [2.24, 2.45) is 5.73 Å². The molecule has 122 valence electrons. The summed E-state index contributed by atoms with van der Waals surface area (Å²) in [5.74, 6) is 0.379. The van der Waals surface area contributed by atoms with E-state index in [-0.39, 0.29) is 6.04 Å². The van der Waals surface area contributed by atoms with Gasteiger partial charge in [0.15, 0.2) is 0 Å². The number of pyridine rings is 1. The fourth-order valence-corrected chi connectivity index (χ4v) is 3.93. The first-order chi connectivity index (χ1) is 11.7. The van der Waals surface area contributed by atoms with Gasteiger partial charge in [-0.2, -0.15) is 0 Å². The summed E-state index contributed by atoms with van der Waals surface area (Å²) in [5, 5.41) is 1.84. The molecule has 0 bridgehead atoms. The van der Waals surface area contributed by atoms with Crippen LogP contribution < -0.4 is 5.73 Å². The van der Waals surface area contributed by atoms with E-state index >= 15 is 0 Å². The van der Waals surface area contributed by atoms with Crippen LogP contribution in [0.3, 0.4) is 0 Å². The lowest BCUT2D eigenvalue weighted by molar-refractivity contribution is 0.325. The van der Waals surface area contributed by atoms with Gasteiger partial charge in [0.2, 0.25) is 0 Å². The predicted molar refractivity (Wildman–Crippen MR) is 99.2 cm³/mol. The fraction of sp³-hybridized carbons (Fsp3) is 0.250. The Kier molecular flexibility index (Phi) is 4.23. The van der Waals surface area contributed by atoms with Crippen LogP contribution in [0.1, 0.15) is 17.0 Å². The van der Waals surface area contributed by atoms with Gasteiger partial charge in [-0.05, 0) is 29.3 Å². The van der Waals surface area contributed by atoms with E-state index in [4.69, 9.17) is 17.3 Å². The summed E-state index contributed by atoms with van der Waals surface area (Å²) in [6, 6.07) is 18.7. The molecule has 3 nitrogen and oxygen atoms in total. The number of nitrogens with two attached hydrogens (primary N) is 1. The zero-order chi connectivity index (χ0) is 16.5. The quantitative estimate of drug-likeness (QED) is 0.790. The Labute approximate surface area is 147 Å². The monoisotopic (exact) mass is 337 g/mol. The van der Waals surface area contributed by atoms with Crippen LogP contribution in [0.2, 0.25) is 5.02 Å². The molecule has 1 aromatic heterocycles. The van der Waals surface area contributed by atoms with Crippen LogP contribution in [0, 0.1) is 0 Å². The van der Waals surface area contributed by atoms with Gasteiger partial charge < -0.3 is 5.73 Å². The van der Waals surface area contributed by atoms with E-state index in [9.17, 15) is 0 Å². The molecule has 1 aliphatic rings. The van der Waals surface area contributed by atoms with Crippen molar-refractivity contribution in [2.75, 3.05) is 13.1 Å². The van der Waals surface area contributed by atoms with Crippen molar-refractivity contribution in [3.05, 3.63) is 76.9 Å². The molecule has 1 saturated heterocycles. The van der Waals surface area contributed by atoms with Gasteiger partial charge in [0.1, 0.15) is 0 Å². The van der Waals surface area contributed by atoms with E-state index in [1.807, 2.05) is 30.5 Å². The van der Waals surface area contributed by atoms with Crippen LogP contribution >= 0.6 is 11.6 Å². The highest BCUT2D eigenvalue weighted by Crippen LogP contribution is 2.29. The Morgan fingerprint density at radius 1 is 1.08 bits per heavy atom. The summed E-state index contributed by atoms with van der Waals surface area (Å²) in [4.78, 5) is 6.95.